The Bertz CT molecular complexity index is 1490. The van der Waals surface area contributed by atoms with Crippen LogP contribution in [0.25, 0.3) is 0 Å². The molecule has 2 aromatic rings. The molecule has 0 aliphatic carbocycles. The maximum Gasteiger partial charge on any atom is 0.408 e. The molecule has 0 fully saturated rings. The fourth-order valence-electron chi connectivity index (χ4n) is 5.85. The number of H-pyrrole nitrogens is 1. The van der Waals surface area contributed by atoms with E-state index in [9.17, 15) is 33.9 Å². The fraction of sp³-hybridized carbons (Fsp3) is 0.605. The number of hydrogen-bond donors (Lipinski definition) is 7. The SMILES string of the molecule is CC[C@H](C)[C@H](NC(=O)C(CC(O)C(CC(C)C)NC(=O)[C@H](CCC(N)=O)NC(=O)OCc1ccccc1)C(C)C)C(=O)N[C@@H](Cc1cnc[nH]1)C(=O)OC. The summed E-state index contributed by atoms with van der Waals surface area (Å²) >= 11 is 0. The number of nitrogens with two attached hydrogens (primary N) is 1. The Morgan fingerprint density at radius 3 is 2.13 bits per heavy atom. The molecular weight excluding hydrogens is 698 g/mol. The summed E-state index contributed by atoms with van der Waals surface area (Å²) in [6.07, 6.45) is 1.46. The highest BCUT2D eigenvalue weighted by molar-refractivity contribution is 5.91. The van der Waals surface area contributed by atoms with Gasteiger partial charge in [-0.1, -0.05) is 78.3 Å². The standard InChI is InChI=1S/C38H59N7O9/c1-8-24(6)33(36(50)43-30(37(51)53-7)17-26-19-40-21-41-26)45-34(48)27(23(4)5)18-31(46)29(16-22(2)3)42-35(49)28(14-15-32(39)47)44-38(52)54-20-25-12-10-9-11-13-25/h9-13,19,21-24,27-31,33,46H,8,14-18,20H2,1-7H3,(H2,39,47)(H,40,41)(H,42,49)(H,43,50)(H,44,52)(H,45,48)/t24-,27?,28-,29?,30-,31?,33-/m0/s1. The minimum atomic E-state index is -1.22. The number of hydrogen-bond acceptors (Lipinski definition) is 10. The van der Waals surface area contributed by atoms with Crippen LogP contribution in [-0.2, 0) is 46.5 Å². The van der Waals surface area contributed by atoms with Crippen molar-refractivity contribution in [3.63, 3.8) is 0 Å². The van der Waals surface area contributed by atoms with Gasteiger partial charge in [0.15, 0.2) is 0 Å². The van der Waals surface area contributed by atoms with Crippen molar-refractivity contribution >= 4 is 35.7 Å². The number of aromatic amines is 1. The zero-order valence-electron chi connectivity index (χ0n) is 32.4. The van der Waals surface area contributed by atoms with Crippen LogP contribution in [-0.4, -0.2) is 88.1 Å². The Hall–Kier alpha value is -4.99. The van der Waals surface area contributed by atoms with Crippen molar-refractivity contribution in [2.24, 2.45) is 29.4 Å². The van der Waals surface area contributed by atoms with Crippen molar-refractivity contribution in [3.8, 4) is 0 Å². The first-order valence-corrected chi connectivity index (χ1v) is 18.5. The maximum atomic E-state index is 13.9. The molecule has 0 radical (unpaired) electrons. The molecule has 8 N–H and O–H groups in total. The summed E-state index contributed by atoms with van der Waals surface area (Å²) in [5, 5.41) is 22.5. The number of aromatic nitrogens is 2. The quantitative estimate of drug-likeness (QED) is 0.0816. The van der Waals surface area contributed by atoms with Gasteiger partial charge in [-0.15, -0.1) is 0 Å². The Labute approximate surface area is 317 Å². The molecule has 0 bridgehead atoms. The number of amides is 5. The lowest BCUT2D eigenvalue weighted by molar-refractivity contribution is -0.145. The fourth-order valence-corrected chi connectivity index (χ4v) is 5.85. The van der Waals surface area contributed by atoms with E-state index in [1.165, 1.54) is 19.6 Å². The van der Waals surface area contributed by atoms with Crippen LogP contribution in [0.2, 0.25) is 0 Å². The van der Waals surface area contributed by atoms with Crippen LogP contribution >= 0.6 is 0 Å². The number of rotatable bonds is 23. The van der Waals surface area contributed by atoms with Crippen molar-refractivity contribution in [2.45, 2.75) is 117 Å². The van der Waals surface area contributed by atoms with E-state index < -0.39 is 71.9 Å². The van der Waals surface area contributed by atoms with Crippen LogP contribution in [0.5, 0.6) is 0 Å². The average molecular weight is 758 g/mol. The predicted octanol–water partition coefficient (Wildman–Crippen LogP) is 2.26. The van der Waals surface area contributed by atoms with Gasteiger partial charge in [0.1, 0.15) is 24.7 Å². The number of alkyl carbamates (subject to hydrolysis) is 1. The molecule has 16 heteroatoms. The van der Waals surface area contributed by atoms with Gasteiger partial charge in [0.25, 0.3) is 0 Å². The molecule has 0 saturated heterocycles. The number of ether oxygens (including phenoxy) is 2. The number of benzene rings is 1. The highest BCUT2D eigenvalue weighted by atomic mass is 16.5. The van der Waals surface area contributed by atoms with Crippen LogP contribution in [0.3, 0.4) is 0 Å². The minimum absolute atomic E-state index is 0.00661. The van der Waals surface area contributed by atoms with E-state index >= 15 is 0 Å². The highest BCUT2D eigenvalue weighted by Crippen LogP contribution is 2.23. The Morgan fingerprint density at radius 2 is 1.57 bits per heavy atom. The Kier molecular flexibility index (Phi) is 19.2. The lowest BCUT2D eigenvalue weighted by Crippen LogP contribution is -2.56. The molecule has 0 saturated carbocycles. The van der Waals surface area contributed by atoms with Crippen molar-refractivity contribution in [2.75, 3.05) is 7.11 Å². The van der Waals surface area contributed by atoms with Crippen LogP contribution in [0.15, 0.2) is 42.9 Å². The van der Waals surface area contributed by atoms with Gasteiger partial charge in [0.05, 0.1) is 25.6 Å². The topological polar surface area (TPSA) is 244 Å². The Morgan fingerprint density at radius 1 is 0.889 bits per heavy atom. The van der Waals surface area contributed by atoms with Gasteiger partial charge in [0.2, 0.25) is 23.6 Å². The number of primary amides is 1. The first kappa shape index (κ1) is 45.2. The molecule has 7 atom stereocenters. The molecule has 0 spiro atoms. The van der Waals surface area contributed by atoms with Gasteiger partial charge < -0.3 is 46.6 Å². The van der Waals surface area contributed by atoms with E-state index in [1.807, 2.05) is 40.7 Å². The summed E-state index contributed by atoms with van der Waals surface area (Å²) in [6.45, 7) is 11.1. The maximum absolute atomic E-state index is 13.9. The van der Waals surface area contributed by atoms with Crippen LogP contribution < -0.4 is 27.0 Å². The summed E-state index contributed by atoms with van der Waals surface area (Å²) in [7, 11) is 1.22. The van der Waals surface area contributed by atoms with Crippen LogP contribution in [0, 0.1) is 23.7 Å². The molecular formula is C38H59N7O9. The van der Waals surface area contributed by atoms with Crippen molar-refractivity contribution < 1.29 is 43.3 Å². The second-order valence-electron chi connectivity index (χ2n) is 14.4. The number of nitrogens with zero attached hydrogens (tertiary/aromatic N) is 1. The third-order valence-electron chi connectivity index (χ3n) is 9.23. The van der Waals surface area contributed by atoms with Gasteiger partial charge in [-0.2, -0.15) is 0 Å². The number of aliphatic hydroxyl groups excluding tert-OH is 1. The van der Waals surface area contributed by atoms with Gasteiger partial charge >= 0.3 is 12.1 Å². The van der Waals surface area contributed by atoms with Gasteiger partial charge in [0, 0.05) is 30.7 Å². The highest BCUT2D eigenvalue weighted by Gasteiger charge is 2.36. The van der Waals surface area contributed by atoms with E-state index in [4.69, 9.17) is 15.2 Å². The van der Waals surface area contributed by atoms with E-state index in [-0.39, 0.29) is 50.0 Å². The molecule has 1 heterocycles. The number of imidazole rings is 1. The molecule has 3 unspecified atom stereocenters. The number of aliphatic hydroxyl groups is 1. The monoisotopic (exact) mass is 757 g/mol. The number of esters is 1. The average Bonchev–Trinajstić information content (AvgIpc) is 3.65. The van der Waals surface area contributed by atoms with Crippen molar-refractivity contribution in [1.82, 2.24) is 31.2 Å². The molecule has 0 aliphatic rings. The van der Waals surface area contributed by atoms with E-state index in [0.717, 1.165) is 5.56 Å². The van der Waals surface area contributed by atoms with Gasteiger partial charge in [-0.3, -0.25) is 19.2 Å². The summed E-state index contributed by atoms with van der Waals surface area (Å²) in [4.78, 5) is 84.8. The second kappa shape index (κ2) is 22.9. The molecule has 16 nitrogen and oxygen atoms in total. The zero-order chi connectivity index (χ0) is 40.4. The number of carbonyl (C=O) groups is 6. The number of methoxy groups -OCH3 is 1. The Balaban J connectivity index is 2.21. The summed E-state index contributed by atoms with van der Waals surface area (Å²) in [5.74, 6) is -4.44. The first-order valence-electron chi connectivity index (χ1n) is 18.5. The summed E-state index contributed by atoms with van der Waals surface area (Å²) in [6, 6.07) is 4.85. The molecule has 1 aromatic carbocycles. The molecule has 0 aliphatic heterocycles. The second-order valence-corrected chi connectivity index (χ2v) is 14.4. The van der Waals surface area contributed by atoms with Crippen LogP contribution in [0.1, 0.15) is 84.9 Å². The number of nitrogens with one attached hydrogen (secondary N) is 5. The predicted molar refractivity (Wildman–Crippen MR) is 200 cm³/mol. The normalized spacial score (nSPS) is 15.1. The molecule has 2 rings (SSSR count). The molecule has 1 aromatic heterocycles. The van der Waals surface area contributed by atoms with Crippen LogP contribution in [0.4, 0.5) is 4.79 Å². The third kappa shape index (κ3) is 15.5. The lowest BCUT2D eigenvalue weighted by Gasteiger charge is -2.32. The van der Waals surface area contributed by atoms with Crippen molar-refractivity contribution in [1.29, 1.82) is 0 Å². The number of carbonyl (C=O) groups excluding carboxylic acids is 6. The van der Waals surface area contributed by atoms with E-state index in [1.54, 1.807) is 31.2 Å². The summed E-state index contributed by atoms with van der Waals surface area (Å²) in [5.41, 5.74) is 6.68. The van der Waals surface area contributed by atoms with E-state index in [2.05, 4.69) is 31.2 Å². The first-order chi connectivity index (χ1) is 25.6. The lowest BCUT2D eigenvalue weighted by atomic mass is 9.85. The minimum Gasteiger partial charge on any atom is -0.467 e. The molecule has 54 heavy (non-hydrogen) atoms. The molecule has 300 valence electrons. The largest absolute Gasteiger partial charge is 0.467 e. The zero-order valence-corrected chi connectivity index (χ0v) is 32.4. The summed E-state index contributed by atoms with van der Waals surface area (Å²) < 4.78 is 10.2. The van der Waals surface area contributed by atoms with Crippen molar-refractivity contribution in [3.05, 3.63) is 54.1 Å². The van der Waals surface area contributed by atoms with Gasteiger partial charge in [-0.25, -0.2) is 14.6 Å². The molecule has 5 amide bonds. The van der Waals surface area contributed by atoms with E-state index in [0.29, 0.717) is 18.5 Å². The smallest absolute Gasteiger partial charge is 0.408 e. The van der Waals surface area contributed by atoms with Gasteiger partial charge in [-0.05, 0) is 42.6 Å². The third-order valence-corrected chi connectivity index (χ3v) is 9.23.